The van der Waals surface area contributed by atoms with Crippen LogP contribution in [0, 0.1) is 0 Å². The van der Waals surface area contributed by atoms with Crippen molar-refractivity contribution in [2.45, 2.75) is 19.0 Å². The van der Waals surface area contributed by atoms with E-state index in [1.54, 1.807) is 20.3 Å². The van der Waals surface area contributed by atoms with Gasteiger partial charge in [-0.1, -0.05) is 30.3 Å². The first-order chi connectivity index (χ1) is 15.2. The van der Waals surface area contributed by atoms with Crippen molar-refractivity contribution in [3.05, 3.63) is 76.9 Å². The molecule has 0 bridgehead atoms. The van der Waals surface area contributed by atoms with E-state index in [4.69, 9.17) is 18.9 Å². The molecule has 0 fully saturated rings. The first-order valence-electron chi connectivity index (χ1n) is 10.4. The van der Waals surface area contributed by atoms with E-state index in [1.807, 2.05) is 12.1 Å². The van der Waals surface area contributed by atoms with Crippen molar-refractivity contribution in [2.75, 3.05) is 27.6 Å². The molecule has 0 spiro atoms. The number of hydrogen-bond acceptors (Lipinski definition) is 5. The van der Waals surface area contributed by atoms with Crippen molar-refractivity contribution >= 4 is 0 Å². The molecule has 2 heterocycles. The van der Waals surface area contributed by atoms with Gasteiger partial charge in [-0.15, -0.1) is 0 Å². The van der Waals surface area contributed by atoms with E-state index in [1.165, 1.54) is 21.6 Å². The van der Waals surface area contributed by atoms with Crippen LogP contribution in [0.2, 0.25) is 0 Å². The van der Waals surface area contributed by atoms with Crippen LogP contribution in [-0.2, 0) is 13.0 Å². The Kier molecular flexibility index (Phi) is 5.08. The van der Waals surface area contributed by atoms with Gasteiger partial charge < -0.3 is 29.0 Å². The molecule has 2 aliphatic rings. The summed E-state index contributed by atoms with van der Waals surface area (Å²) in [6, 6.07) is 18.4. The zero-order valence-electron chi connectivity index (χ0n) is 17.7. The second-order valence-corrected chi connectivity index (χ2v) is 7.92. The lowest BCUT2D eigenvalue weighted by Gasteiger charge is -2.35. The topological polar surface area (TPSA) is 61.6 Å². The van der Waals surface area contributed by atoms with Crippen molar-refractivity contribution in [2.24, 2.45) is 0 Å². The molecule has 0 amide bonds. The van der Waals surface area contributed by atoms with Gasteiger partial charge in [0.2, 0.25) is 6.79 Å². The molecule has 0 radical (unpaired) electrons. The maximum absolute atomic E-state index is 10.6. The van der Waals surface area contributed by atoms with Gasteiger partial charge >= 0.3 is 0 Å². The van der Waals surface area contributed by atoms with E-state index in [0.29, 0.717) is 18.0 Å². The molecule has 2 aliphatic heterocycles. The zero-order valence-corrected chi connectivity index (χ0v) is 17.7. The molecule has 2 N–H and O–H groups in total. The molecule has 0 saturated carbocycles. The third-order valence-electron chi connectivity index (χ3n) is 6.20. The zero-order chi connectivity index (χ0) is 21.4. The SMILES string of the molecule is COc1cc2c(cc1OC)[C@@H](c1ccccc1)[NH+](Cc1cc3c(cc1O)OCO3)CC2. The van der Waals surface area contributed by atoms with Crippen LogP contribution in [0.5, 0.6) is 28.7 Å². The van der Waals surface area contributed by atoms with Gasteiger partial charge in [-0.25, -0.2) is 0 Å². The summed E-state index contributed by atoms with van der Waals surface area (Å²) in [7, 11) is 3.33. The molecule has 1 unspecified atom stereocenters. The number of nitrogens with one attached hydrogen (secondary N) is 1. The monoisotopic (exact) mass is 420 g/mol. The second-order valence-electron chi connectivity index (χ2n) is 7.92. The van der Waals surface area contributed by atoms with E-state index >= 15 is 0 Å². The van der Waals surface area contributed by atoms with Crippen LogP contribution < -0.4 is 23.8 Å². The first kappa shape index (κ1) is 19.6. The molecule has 6 heteroatoms. The van der Waals surface area contributed by atoms with Crippen LogP contribution in [0.4, 0.5) is 0 Å². The maximum Gasteiger partial charge on any atom is 0.231 e. The van der Waals surface area contributed by atoms with E-state index in [0.717, 1.165) is 30.0 Å². The number of phenolic OH excluding ortho intramolecular Hbond substituents is 1. The minimum Gasteiger partial charge on any atom is -0.507 e. The Morgan fingerprint density at radius 3 is 2.42 bits per heavy atom. The molecule has 160 valence electrons. The normalized spacial score (nSPS) is 19.0. The van der Waals surface area contributed by atoms with Gasteiger partial charge in [0.05, 0.1) is 26.3 Å². The predicted octanol–water partition coefficient (Wildman–Crippen LogP) is 2.87. The molecule has 0 aliphatic carbocycles. The van der Waals surface area contributed by atoms with Crippen LogP contribution >= 0.6 is 0 Å². The highest BCUT2D eigenvalue weighted by Crippen LogP contribution is 2.39. The Labute approximate surface area is 181 Å². The molecule has 0 saturated heterocycles. The summed E-state index contributed by atoms with van der Waals surface area (Å²) in [5, 5.41) is 10.6. The van der Waals surface area contributed by atoms with Crippen molar-refractivity contribution in [1.82, 2.24) is 0 Å². The smallest absolute Gasteiger partial charge is 0.231 e. The molecule has 31 heavy (non-hydrogen) atoms. The number of methoxy groups -OCH3 is 2. The molecule has 6 nitrogen and oxygen atoms in total. The van der Waals surface area contributed by atoms with Gasteiger partial charge in [-0.2, -0.15) is 0 Å². The lowest BCUT2D eigenvalue weighted by Crippen LogP contribution is -3.12. The largest absolute Gasteiger partial charge is 0.507 e. The van der Waals surface area contributed by atoms with E-state index < -0.39 is 0 Å². The van der Waals surface area contributed by atoms with Crippen molar-refractivity contribution in [3.8, 4) is 28.7 Å². The summed E-state index contributed by atoms with van der Waals surface area (Å²) in [5.74, 6) is 3.00. The molecule has 3 aromatic rings. The number of rotatable bonds is 5. The lowest BCUT2D eigenvalue weighted by atomic mass is 9.87. The van der Waals surface area contributed by atoms with Crippen LogP contribution in [0.15, 0.2) is 54.6 Å². The molecular formula is C25H26NO5+. The number of ether oxygens (including phenoxy) is 4. The maximum atomic E-state index is 10.6. The highest BCUT2D eigenvalue weighted by atomic mass is 16.7. The number of aromatic hydroxyl groups is 1. The van der Waals surface area contributed by atoms with E-state index in [2.05, 4.69) is 36.4 Å². The highest BCUT2D eigenvalue weighted by molar-refractivity contribution is 5.52. The first-order valence-corrected chi connectivity index (χ1v) is 10.4. The van der Waals surface area contributed by atoms with Crippen molar-refractivity contribution in [1.29, 1.82) is 0 Å². The van der Waals surface area contributed by atoms with Crippen LogP contribution in [0.3, 0.4) is 0 Å². The van der Waals surface area contributed by atoms with Crippen molar-refractivity contribution < 1.29 is 29.0 Å². The van der Waals surface area contributed by atoms with E-state index in [9.17, 15) is 5.11 Å². The molecule has 3 aromatic carbocycles. The average molecular weight is 420 g/mol. The summed E-state index contributed by atoms with van der Waals surface area (Å²) >= 11 is 0. The number of phenols is 1. The second kappa shape index (κ2) is 8.04. The molecular weight excluding hydrogens is 394 g/mol. The van der Waals surface area contributed by atoms with Crippen LogP contribution in [-0.4, -0.2) is 32.7 Å². The molecule has 5 rings (SSSR count). The Balaban J connectivity index is 1.57. The fraction of sp³-hybridized carbons (Fsp3) is 0.280. The van der Waals surface area contributed by atoms with Crippen LogP contribution in [0.25, 0.3) is 0 Å². The Morgan fingerprint density at radius 1 is 0.968 bits per heavy atom. The predicted molar refractivity (Wildman–Crippen MR) is 115 cm³/mol. The van der Waals surface area contributed by atoms with Gasteiger partial charge in [0.15, 0.2) is 23.0 Å². The van der Waals surface area contributed by atoms with Gasteiger partial charge in [0.25, 0.3) is 0 Å². The summed E-state index contributed by atoms with van der Waals surface area (Å²) < 4.78 is 22.1. The molecule has 0 aromatic heterocycles. The fourth-order valence-corrected chi connectivity index (χ4v) is 4.69. The fourth-order valence-electron chi connectivity index (χ4n) is 4.69. The van der Waals surface area contributed by atoms with Gasteiger partial charge in [-0.3, -0.25) is 0 Å². The lowest BCUT2D eigenvalue weighted by molar-refractivity contribution is -0.941. The Bertz CT molecular complexity index is 1100. The third kappa shape index (κ3) is 3.53. The Hall–Kier alpha value is -3.38. The quantitative estimate of drug-likeness (QED) is 0.665. The number of benzene rings is 3. The minimum absolute atomic E-state index is 0.106. The third-order valence-corrected chi connectivity index (χ3v) is 6.20. The highest BCUT2D eigenvalue weighted by Gasteiger charge is 2.34. The summed E-state index contributed by atoms with van der Waals surface area (Å²) in [6.45, 7) is 1.78. The Morgan fingerprint density at radius 2 is 1.68 bits per heavy atom. The van der Waals surface area contributed by atoms with Crippen molar-refractivity contribution in [3.63, 3.8) is 0 Å². The van der Waals surface area contributed by atoms with E-state index in [-0.39, 0.29) is 18.6 Å². The molecule has 2 atom stereocenters. The average Bonchev–Trinajstić information content (AvgIpc) is 3.25. The summed E-state index contributed by atoms with van der Waals surface area (Å²) in [6.07, 6.45) is 0.916. The van der Waals surface area contributed by atoms with Crippen LogP contribution in [0.1, 0.15) is 28.3 Å². The minimum atomic E-state index is 0.106. The number of fused-ring (bicyclic) bond motifs is 2. The summed E-state index contributed by atoms with van der Waals surface area (Å²) in [5.41, 5.74) is 4.57. The summed E-state index contributed by atoms with van der Waals surface area (Å²) in [4.78, 5) is 1.35. The van der Waals surface area contributed by atoms with Gasteiger partial charge in [-0.05, 0) is 23.8 Å². The number of quaternary nitrogens is 1. The van der Waals surface area contributed by atoms with Gasteiger partial charge in [0.1, 0.15) is 18.3 Å². The van der Waals surface area contributed by atoms with Gasteiger partial charge in [0, 0.05) is 23.6 Å². The standard InChI is InChI=1S/C25H25NO5/c1-28-21-10-17-8-9-26(14-18-11-23-24(13-20(18)27)31-15-30-23)25(16-6-4-3-5-7-16)19(17)12-22(21)29-2/h3-7,10-13,25,27H,8-9,14-15H2,1-2H3/p+1/t25-/m1/s1. The number of hydrogen-bond donors (Lipinski definition) is 2.